The van der Waals surface area contributed by atoms with Crippen molar-refractivity contribution in [2.45, 2.75) is 6.54 Å². The number of anilines is 1. The second kappa shape index (κ2) is 5.75. The third-order valence-corrected chi connectivity index (χ3v) is 3.92. The lowest BCUT2D eigenvalue weighted by molar-refractivity contribution is 0.947. The summed E-state index contributed by atoms with van der Waals surface area (Å²) in [6.07, 6.45) is 5.46. The molecule has 0 bridgehead atoms. The monoisotopic (exact) mass is 316 g/mol. The summed E-state index contributed by atoms with van der Waals surface area (Å²) in [6.45, 7) is 0.502. The molecule has 1 aromatic carbocycles. The second-order valence-corrected chi connectivity index (χ2v) is 5.49. The SMILES string of the molecule is NCc1cccc(-c2cnc3c(-c4ccccn4)c(N)nn3c2)c1. The molecule has 0 unspecified atom stereocenters. The summed E-state index contributed by atoms with van der Waals surface area (Å²) in [7, 11) is 0. The van der Waals surface area contributed by atoms with Gasteiger partial charge in [0.1, 0.15) is 0 Å². The van der Waals surface area contributed by atoms with E-state index in [2.05, 4.69) is 21.1 Å². The average molecular weight is 316 g/mol. The fraction of sp³-hybridized carbons (Fsp3) is 0.0556. The summed E-state index contributed by atoms with van der Waals surface area (Å²) in [5.41, 5.74) is 17.1. The lowest BCUT2D eigenvalue weighted by Crippen LogP contribution is -1.97. The number of rotatable bonds is 3. The van der Waals surface area contributed by atoms with Crippen LogP contribution < -0.4 is 11.5 Å². The minimum absolute atomic E-state index is 0.411. The number of nitrogens with two attached hydrogens (primary N) is 2. The number of pyridine rings is 1. The van der Waals surface area contributed by atoms with Gasteiger partial charge >= 0.3 is 0 Å². The quantitative estimate of drug-likeness (QED) is 0.605. The lowest BCUT2D eigenvalue weighted by atomic mass is 10.1. The maximum atomic E-state index is 6.09. The normalized spacial score (nSPS) is 11.0. The van der Waals surface area contributed by atoms with Gasteiger partial charge in [-0.2, -0.15) is 0 Å². The zero-order chi connectivity index (χ0) is 16.5. The van der Waals surface area contributed by atoms with Gasteiger partial charge in [0.15, 0.2) is 11.5 Å². The highest BCUT2D eigenvalue weighted by molar-refractivity contribution is 5.84. The molecule has 0 atom stereocenters. The predicted molar refractivity (Wildman–Crippen MR) is 94.0 cm³/mol. The maximum absolute atomic E-state index is 6.09. The molecule has 0 saturated carbocycles. The Morgan fingerprint density at radius 3 is 2.71 bits per heavy atom. The highest BCUT2D eigenvalue weighted by Crippen LogP contribution is 2.29. The molecule has 0 fully saturated rings. The molecular weight excluding hydrogens is 300 g/mol. The minimum atomic E-state index is 0.411. The molecule has 3 aromatic heterocycles. The zero-order valence-electron chi connectivity index (χ0n) is 12.9. The minimum Gasteiger partial charge on any atom is -0.382 e. The van der Waals surface area contributed by atoms with Crippen molar-refractivity contribution in [2.75, 3.05) is 5.73 Å². The second-order valence-electron chi connectivity index (χ2n) is 5.49. The van der Waals surface area contributed by atoms with E-state index in [1.54, 1.807) is 10.7 Å². The van der Waals surface area contributed by atoms with E-state index in [1.807, 2.05) is 48.8 Å². The van der Waals surface area contributed by atoms with Crippen LogP contribution in [-0.2, 0) is 6.54 Å². The summed E-state index contributed by atoms with van der Waals surface area (Å²) in [5, 5.41) is 4.39. The number of hydrogen-bond donors (Lipinski definition) is 2. The van der Waals surface area contributed by atoms with Crippen LogP contribution in [0, 0.1) is 0 Å². The van der Waals surface area contributed by atoms with Crippen LogP contribution in [-0.4, -0.2) is 19.6 Å². The van der Waals surface area contributed by atoms with Gasteiger partial charge in [0.25, 0.3) is 0 Å². The van der Waals surface area contributed by atoms with Crippen molar-refractivity contribution >= 4 is 11.5 Å². The van der Waals surface area contributed by atoms with Gasteiger partial charge in [0, 0.05) is 30.7 Å². The van der Waals surface area contributed by atoms with E-state index in [9.17, 15) is 0 Å². The Balaban J connectivity index is 1.86. The summed E-state index contributed by atoms with van der Waals surface area (Å²) in [4.78, 5) is 8.91. The average Bonchev–Trinajstić information content (AvgIpc) is 2.97. The molecule has 6 nitrogen and oxygen atoms in total. The smallest absolute Gasteiger partial charge is 0.166 e. The van der Waals surface area contributed by atoms with E-state index in [1.165, 1.54) is 0 Å². The van der Waals surface area contributed by atoms with E-state index < -0.39 is 0 Å². The summed E-state index contributed by atoms with van der Waals surface area (Å²) < 4.78 is 1.70. The number of nitrogens with zero attached hydrogens (tertiary/aromatic N) is 4. The van der Waals surface area contributed by atoms with Crippen molar-refractivity contribution < 1.29 is 0 Å². The Hall–Kier alpha value is -3.25. The van der Waals surface area contributed by atoms with E-state index in [0.717, 1.165) is 27.9 Å². The van der Waals surface area contributed by atoms with Crippen LogP contribution in [0.4, 0.5) is 5.82 Å². The first-order chi connectivity index (χ1) is 11.8. The number of nitrogen functional groups attached to an aromatic ring is 1. The molecule has 0 saturated heterocycles. The fourth-order valence-corrected chi connectivity index (χ4v) is 2.74. The van der Waals surface area contributed by atoms with Crippen molar-refractivity contribution in [3.8, 4) is 22.4 Å². The Labute approximate surface area is 138 Å². The fourth-order valence-electron chi connectivity index (χ4n) is 2.74. The topological polar surface area (TPSA) is 95.1 Å². The van der Waals surface area contributed by atoms with Crippen molar-refractivity contribution in [1.82, 2.24) is 19.6 Å². The third kappa shape index (κ3) is 2.39. The first kappa shape index (κ1) is 14.3. The van der Waals surface area contributed by atoms with Gasteiger partial charge in [-0.15, -0.1) is 5.10 Å². The van der Waals surface area contributed by atoms with Gasteiger partial charge in [0.05, 0.1) is 11.3 Å². The van der Waals surface area contributed by atoms with Gasteiger partial charge in [-0.25, -0.2) is 9.50 Å². The first-order valence-corrected chi connectivity index (χ1v) is 7.61. The van der Waals surface area contributed by atoms with Crippen molar-refractivity contribution in [2.24, 2.45) is 5.73 Å². The largest absolute Gasteiger partial charge is 0.382 e. The molecule has 0 aliphatic carbocycles. The van der Waals surface area contributed by atoms with Gasteiger partial charge in [0.2, 0.25) is 0 Å². The first-order valence-electron chi connectivity index (χ1n) is 7.61. The lowest BCUT2D eigenvalue weighted by Gasteiger charge is -2.05. The molecular formula is C18H16N6. The van der Waals surface area contributed by atoms with E-state index >= 15 is 0 Å². The van der Waals surface area contributed by atoms with Crippen molar-refractivity contribution in [3.63, 3.8) is 0 Å². The molecule has 0 spiro atoms. The van der Waals surface area contributed by atoms with E-state index in [-0.39, 0.29) is 0 Å². The molecule has 6 heteroatoms. The van der Waals surface area contributed by atoms with Crippen molar-refractivity contribution in [3.05, 3.63) is 66.6 Å². The van der Waals surface area contributed by atoms with Crippen LogP contribution in [0.15, 0.2) is 61.1 Å². The molecule has 118 valence electrons. The molecule has 24 heavy (non-hydrogen) atoms. The molecule has 4 aromatic rings. The Bertz CT molecular complexity index is 1010. The summed E-state index contributed by atoms with van der Waals surface area (Å²) >= 11 is 0. The van der Waals surface area contributed by atoms with Crippen LogP contribution in [0.2, 0.25) is 0 Å². The molecule has 4 rings (SSSR count). The number of benzene rings is 1. The molecule has 0 radical (unpaired) electrons. The van der Waals surface area contributed by atoms with Gasteiger partial charge in [-0.3, -0.25) is 4.98 Å². The predicted octanol–water partition coefficient (Wildman–Crippen LogP) is 2.50. The molecule has 0 aliphatic rings. The van der Waals surface area contributed by atoms with Gasteiger partial charge < -0.3 is 11.5 Å². The molecule has 0 amide bonds. The highest BCUT2D eigenvalue weighted by atomic mass is 15.3. The molecule has 0 aliphatic heterocycles. The van der Waals surface area contributed by atoms with Crippen molar-refractivity contribution in [1.29, 1.82) is 0 Å². The summed E-state index contributed by atoms with van der Waals surface area (Å²) in [6, 6.07) is 13.7. The maximum Gasteiger partial charge on any atom is 0.166 e. The third-order valence-electron chi connectivity index (χ3n) is 3.92. The number of fused-ring (bicyclic) bond motifs is 1. The van der Waals surface area contributed by atoms with E-state index in [4.69, 9.17) is 11.5 Å². The molecule has 3 heterocycles. The Morgan fingerprint density at radius 1 is 1.00 bits per heavy atom. The van der Waals surface area contributed by atoms with Crippen LogP contribution in [0.1, 0.15) is 5.56 Å². The molecule has 4 N–H and O–H groups in total. The van der Waals surface area contributed by atoms with Crippen LogP contribution in [0.3, 0.4) is 0 Å². The standard InChI is InChI=1S/C18H16N6/c19-9-12-4-3-5-13(8-12)14-10-22-18-16(15-6-1-2-7-21-15)17(20)23-24(18)11-14/h1-8,10-11H,9,19H2,(H2,20,23). The van der Waals surface area contributed by atoms with Gasteiger partial charge in [-0.05, 0) is 29.3 Å². The highest BCUT2D eigenvalue weighted by Gasteiger charge is 2.15. The summed E-state index contributed by atoms with van der Waals surface area (Å²) in [5.74, 6) is 0.411. The number of aromatic nitrogens is 4. The Kier molecular flexibility index (Phi) is 3.44. The zero-order valence-corrected chi connectivity index (χ0v) is 12.9. The van der Waals surface area contributed by atoms with E-state index in [0.29, 0.717) is 18.0 Å². The Morgan fingerprint density at radius 2 is 1.92 bits per heavy atom. The number of hydrogen-bond acceptors (Lipinski definition) is 5. The van der Waals surface area contributed by atoms with Crippen LogP contribution >= 0.6 is 0 Å². The van der Waals surface area contributed by atoms with Gasteiger partial charge in [-0.1, -0.05) is 24.3 Å². The van der Waals surface area contributed by atoms with Crippen LogP contribution in [0.25, 0.3) is 28.0 Å². The van der Waals surface area contributed by atoms with Crippen LogP contribution in [0.5, 0.6) is 0 Å².